The molecule has 7 atom stereocenters. The normalized spacial score (nSPS) is 40.8. The van der Waals surface area contributed by atoms with Gasteiger partial charge in [0.2, 0.25) is 0 Å². The molecule has 0 unspecified atom stereocenters. The van der Waals surface area contributed by atoms with Crippen LogP contribution in [0.5, 0.6) is 0 Å². The van der Waals surface area contributed by atoms with E-state index in [1.54, 1.807) is 6.08 Å². The lowest BCUT2D eigenvalue weighted by molar-refractivity contribution is -0.156. The molecule has 0 aromatic rings. The molecule has 0 saturated heterocycles. The van der Waals surface area contributed by atoms with Gasteiger partial charge in [-0.05, 0) is 78.6 Å². The lowest BCUT2D eigenvalue weighted by atomic mass is 9.51. The van der Waals surface area contributed by atoms with Crippen molar-refractivity contribution in [2.75, 3.05) is 0 Å². The summed E-state index contributed by atoms with van der Waals surface area (Å²) in [5.74, 6) is 1.83. The molecule has 0 heterocycles. The third kappa shape index (κ3) is 4.35. The fourth-order valence-corrected chi connectivity index (χ4v) is 7.40. The minimum atomic E-state index is -0.606. The molecule has 0 aliphatic heterocycles. The average Bonchev–Trinajstić information content (AvgIpc) is 3.00. The number of rotatable bonds is 7. The Morgan fingerprint density at radius 1 is 1.10 bits per heavy atom. The summed E-state index contributed by atoms with van der Waals surface area (Å²) in [5, 5.41) is 10.3. The Morgan fingerprint density at radius 2 is 1.83 bits per heavy atom. The van der Waals surface area contributed by atoms with Gasteiger partial charge in [0.05, 0.1) is 5.92 Å². The Hall–Kier alpha value is -1.12. The van der Waals surface area contributed by atoms with Crippen LogP contribution in [-0.2, 0) is 9.59 Å². The van der Waals surface area contributed by atoms with Gasteiger partial charge in [0.25, 0.3) is 0 Å². The molecule has 0 amide bonds. The van der Waals surface area contributed by atoms with Gasteiger partial charge in [0, 0.05) is 6.42 Å². The fraction of sp³-hybridized carbons (Fsp3) is 0.846. The highest BCUT2D eigenvalue weighted by Crippen LogP contribution is 2.64. The van der Waals surface area contributed by atoms with Crippen molar-refractivity contribution in [1.29, 1.82) is 0 Å². The van der Waals surface area contributed by atoms with Gasteiger partial charge in [-0.25, -0.2) is 0 Å². The summed E-state index contributed by atoms with van der Waals surface area (Å²) >= 11 is 0. The predicted octanol–water partition coefficient (Wildman–Crippen LogP) is 6.52. The molecule has 2 saturated carbocycles. The topological polar surface area (TPSA) is 54.4 Å². The van der Waals surface area contributed by atoms with E-state index in [0.29, 0.717) is 18.3 Å². The molecule has 3 rings (SSSR count). The van der Waals surface area contributed by atoms with Crippen LogP contribution in [0.3, 0.4) is 0 Å². The van der Waals surface area contributed by atoms with Crippen molar-refractivity contribution in [2.24, 2.45) is 46.3 Å². The molecule has 0 aromatic carbocycles. The molecule has 3 heteroatoms. The first-order chi connectivity index (χ1) is 13.6. The lowest BCUT2D eigenvalue weighted by Crippen LogP contribution is -2.50. The maximum absolute atomic E-state index is 12.5. The molecule has 0 aromatic heterocycles. The van der Waals surface area contributed by atoms with Crippen molar-refractivity contribution in [1.82, 2.24) is 0 Å². The number of hydrogen-bond acceptors (Lipinski definition) is 2. The van der Waals surface area contributed by atoms with Gasteiger partial charge < -0.3 is 5.11 Å². The van der Waals surface area contributed by atoms with Crippen LogP contribution >= 0.6 is 0 Å². The van der Waals surface area contributed by atoms with Crippen LogP contribution in [0.1, 0.15) is 92.4 Å². The van der Waals surface area contributed by atoms with E-state index in [-0.39, 0.29) is 34.4 Å². The number of carbonyl (C=O) groups is 2. The minimum Gasteiger partial charge on any atom is -0.481 e. The molecule has 0 radical (unpaired) electrons. The second kappa shape index (κ2) is 8.55. The second-order valence-electron chi connectivity index (χ2n) is 11.4. The number of carboxylic acids is 1. The van der Waals surface area contributed by atoms with Gasteiger partial charge >= 0.3 is 5.97 Å². The van der Waals surface area contributed by atoms with Crippen LogP contribution in [0, 0.1) is 46.3 Å². The van der Waals surface area contributed by atoms with Crippen LogP contribution < -0.4 is 0 Å². The highest BCUT2D eigenvalue weighted by atomic mass is 16.4. The maximum Gasteiger partial charge on any atom is 0.307 e. The fourth-order valence-electron chi connectivity index (χ4n) is 7.40. The maximum atomic E-state index is 12.5. The Balaban J connectivity index is 1.79. The first kappa shape index (κ1) is 22.6. The zero-order valence-corrected chi connectivity index (χ0v) is 19.2. The summed E-state index contributed by atoms with van der Waals surface area (Å²) in [6.07, 6.45) is 13.3. The van der Waals surface area contributed by atoms with Gasteiger partial charge in [-0.2, -0.15) is 0 Å². The summed E-state index contributed by atoms with van der Waals surface area (Å²) in [6.45, 7) is 11.6. The van der Waals surface area contributed by atoms with E-state index >= 15 is 0 Å². The summed E-state index contributed by atoms with van der Waals surface area (Å²) in [7, 11) is 0. The smallest absolute Gasteiger partial charge is 0.307 e. The lowest BCUT2D eigenvalue weighted by Gasteiger charge is -2.53. The van der Waals surface area contributed by atoms with Crippen LogP contribution in [0.15, 0.2) is 12.2 Å². The number of carboxylic acid groups (broad SMARTS) is 1. The summed E-state index contributed by atoms with van der Waals surface area (Å²) < 4.78 is 0. The first-order valence-corrected chi connectivity index (χ1v) is 12.0. The van der Waals surface area contributed by atoms with Crippen molar-refractivity contribution >= 4 is 11.8 Å². The highest BCUT2D eigenvalue weighted by Gasteiger charge is 2.59. The monoisotopic (exact) mass is 402 g/mol. The Morgan fingerprint density at radius 3 is 2.41 bits per heavy atom. The van der Waals surface area contributed by atoms with Gasteiger partial charge in [-0.15, -0.1) is 0 Å². The van der Waals surface area contributed by atoms with Gasteiger partial charge in [-0.1, -0.05) is 60.0 Å². The zero-order chi connectivity index (χ0) is 21.4. The van der Waals surface area contributed by atoms with E-state index in [2.05, 4.69) is 34.6 Å². The molecular weight excluding hydrogens is 360 g/mol. The summed E-state index contributed by atoms with van der Waals surface area (Å²) in [6, 6.07) is 0. The third-order valence-electron chi connectivity index (χ3n) is 9.16. The average molecular weight is 403 g/mol. The van der Waals surface area contributed by atoms with Crippen molar-refractivity contribution in [3.05, 3.63) is 12.2 Å². The standard InChI is InChI=1S/C26H42O3/c1-17(2)7-6-8-18(3)20-9-10-22-23(24(28)29)21(13-16-26(20,22)5)25(4)14-11-19(27)12-15-25/h11,14,17-18,20-23H,6-10,12-13,15-16H2,1-5H3,(H,28,29)/t18-,20-,21+,22+,23+,25-,26-/m0/s1. The zero-order valence-electron chi connectivity index (χ0n) is 19.2. The van der Waals surface area contributed by atoms with E-state index in [1.165, 1.54) is 25.7 Å². The second-order valence-corrected chi connectivity index (χ2v) is 11.4. The minimum absolute atomic E-state index is 0.150. The van der Waals surface area contributed by atoms with E-state index in [1.807, 2.05) is 6.08 Å². The molecule has 3 nitrogen and oxygen atoms in total. The quantitative estimate of drug-likeness (QED) is 0.527. The van der Waals surface area contributed by atoms with E-state index in [4.69, 9.17) is 0 Å². The van der Waals surface area contributed by atoms with Gasteiger partial charge in [0.15, 0.2) is 5.78 Å². The Bertz CT molecular complexity index is 650. The van der Waals surface area contributed by atoms with E-state index in [9.17, 15) is 14.7 Å². The molecular formula is C26H42O3. The van der Waals surface area contributed by atoms with Crippen LogP contribution in [0.2, 0.25) is 0 Å². The van der Waals surface area contributed by atoms with Gasteiger partial charge in [-0.3, -0.25) is 9.59 Å². The molecule has 1 N–H and O–H groups in total. The molecule has 29 heavy (non-hydrogen) atoms. The van der Waals surface area contributed by atoms with Crippen molar-refractivity contribution in [3.63, 3.8) is 0 Å². The number of ketones is 1. The van der Waals surface area contributed by atoms with Crippen LogP contribution in [0.25, 0.3) is 0 Å². The van der Waals surface area contributed by atoms with E-state index in [0.717, 1.165) is 31.6 Å². The molecule has 2 fully saturated rings. The summed E-state index contributed by atoms with van der Waals surface area (Å²) in [5.41, 5.74) is 0.000623. The number of fused-ring (bicyclic) bond motifs is 1. The number of allylic oxidation sites excluding steroid dienone is 2. The number of carbonyl (C=O) groups excluding carboxylic acids is 1. The van der Waals surface area contributed by atoms with Crippen molar-refractivity contribution < 1.29 is 14.7 Å². The molecule has 3 aliphatic rings. The van der Waals surface area contributed by atoms with Gasteiger partial charge in [0.1, 0.15) is 0 Å². The SMILES string of the molecule is CC(C)CCC[C@H](C)[C@@H]1CC[C@@H]2[C@H](C(=O)O)[C@H]([C@@]3(C)C=CC(=O)CC3)CC[C@]21C. The predicted molar refractivity (Wildman–Crippen MR) is 118 cm³/mol. The van der Waals surface area contributed by atoms with E-state index < -0.39 is 5.97 Å². The molecule has 0 spiro atoms. The Kier molecular flexibility index (Phi) is 6.65. The largest absolute Gasteiger partial charge is 0.481 e. The molecule has 3 aliphatic carbocycles. The third-order valence-corrected chi connectivity index (χ3v) is 9.16. The first-order valence-electron chi connectivity index (χ1n) is 12.0. The van der Waals surface area contributed by atoms with Crippen molar-refractivity contribution in [3.8, 4) is 0 Å². The summed E-state index contributed by atoms with van der Waals surface area (Å²) in [4.78, 5) is 24.3. The number of hydrogen-bond donors (Lipinski definition) is 1. The van der Waals surface area contributed by atoms with Crippen LogP contribution in [-0.4, -0.2) is 16.9 Å². The number of aliphatic carboxylic acids is 1. The highest BCUT2D eigenvalue weighted by molar-refractivity contribution is 5.90. The Labute approximate surface area is 177 Å². The molecule has 0 bridgehead atoms. The van der Waals surface area contributed by atoms with Crippen LogP contribution in [0.4, 0.5) is 0 Å². The molecule has 164 valence electrons. The van der Waals surface area contributed by atoms with Crippen molar-refractivity contribution in [2.45, 2.75) is 92.4 Å².